The van der Waals surface area contributed by atoms with Crippen molar-refractivity contribution in [2.24, 2.45) is 17.1 Å². The minimum atomic E-state index is -0.541. The molecule has 19 heavy (non-hydrogen) atoms. The van der Waals surface area contributed by atoms with E-state index in [1.54, 1.807) is 6.07 Å². The van der Waals surface area contributed by atoms with E-state index in [0.29, 0.717) is 18.9 Å². The Bertz CT molecular complexity index is 400. The lowest BCUT2D eigenvalue weighted by molar-refractivity contribution is 0.0894. The molecule has 0 saturated carbocycles. The van der Waals surface area contributed by atoms with E-state index in [0.717, 1.165) is 5.56 Å². The van der Waals surface area contributed by atoms with Crippen LogP contribution in [0.4, 0.5) is 4.39 Å². The summed E-state index contributed by atoms with van der Waals surface area (Å²) in [5.41, 5.74) is 6.67. The van der Waals surface area contributed by atoms with E-state index in [-0.39, 0.29) is 17.2 Å². The Hall–Kier alpha value is -0.930. The molecular weight excluding hydrogens is 241 g/mol. The first-order valence-electron chi connectivity index (χ1n) is 6.89. The summed E-state index contributed by atoms with van der Waals surface area (Å²) in [6, 6.07) is 6.35. The Morgan fingerprint density at radius 1 is 1.32 bits per heavy atom. The number of hydrogen-bond acceptors (Lipinski definition) is 2. The Morgan fingerprint density at radius 3 is 2.42 bits per heavy atom. The molecule has 1 aromatic rings. The van der Waals surface area contributed by atoms with Gasteiger partial charge in [0.25, 0.3) is 0 Å². The molecule has 3 heteroatoms. The summed E-state index contributed by atoms with van der Waals surface area (Å²) in [6.07, 6.45) is 0.128. The summed E-state index contributed by atoms with van der Waals surface area (Å²) >= 11 is 0. The van der Waals surface area contributed by atoms with Gasteiger partial charge in [-0.1, -0.05) is 39.8 Å². The molecule has 108 valence electrons. The Kier molecular flexibility index (Phi) is 5.50. The zero-order valence-electron chi connectivity index (χ0n) is 12.4. The minimum Gasteiger partial charge on any atom is -0.392 e. The maximum atomic E-state index is 13.3. The predicted octanol–water partition coefficient (Wildman–Crippen LogP) is 3.30. The van der Waals surface area contributed by atoms with E-state index in [1.807, 2.05) is 6.07 Å². The highest BCUT2D eigenvalue weighted by atomic mass is 19.1. The first-order chi connectivity index (χ1) is 8.75. The van der Waals surface area contributed by atoms with Crippen LogP contribution in [0.3, 0.4) is 0 Å². The van der Waals surface area contributed by atoms with Crippen molar-refractivity contribution in [3.8, 4) is 0 Å². The maximum Gasteiger partial charge on any atom is 0.123 e. The van der Waals surface area contributed by atoms with E-state index in [4.69, 9.17) is 5.73 Å². The molecule has 0 heterocycles. The van der Waals surface area contributed by atoms with Gasteiger partial charge in [-0.05, 0) is 35.4 Å². The first kappa shape index (κ1) is 16.1. The number of nitrogens with two attached hydrogens (primary N) is 1. The van der Waals surface area contributed by atoms with Crippen LogP contribution in [0.5, 0.6) is 0 Å². The molecule has 2 nitrogen and oxygen atoms in total. The van der Waals surface area contributed by atoms with Crippen LogP contribution in [0, 0.1) is 17.2 Å². The zero-order chi connectivity index (χ0) is 14.6. The Labute approximate surface area is 115 Å². The Morgan fingerprint density at radius 2 is 1.95 bits per heavy atom. The molecule has 1 aromatic carbocycles. The van der Waals surface area contributed by atoms with Gasteiger partial charge in [-0.25, -0.2) is 4.39 Å². The molecule has 0 amide bonds. The standard InChI is InChI=1S/C16H26FNO/c1-11(16(2,3)4)8-15(19)14(10-18)12-6-5-7-13(17)9-12/h5-7,9,11,14-15,19H,8,10,18H2,1-4H3. The number of rotatable bonds is 5. The van der Waals surface area contributed by atoms with Crippen molar-refractivity contribution >= 4 is 0 Å². The van der Waals surface area contributed by atoms with Gasteiger partial charge < -0.3 is 10.8 Å². The van der Waals surface area contributed by atoms with Gasteiger partial charge in [-0.2, -0.15) is 0 Å². The summed E-state index contributed by atoms with van der Waals surface area (Å²) in [7, 11) is 0. The molecule has 0 radical (unpaired) electrons. The van der Waals surface area contributed by atoms with Crippen molar-refractivity contribution in [1.82, 2.24) is 0 Å². The molecule has 1 rings (SSSR count). The lowest BCUT2D eigenvalue weighted by Crippen LogP contribution is -2.30. The van der Waals surface area contributed by atoms with Crippen LogP contribution in [0.1, 0.15) is 45.6 Å². The molecule has 0 bridgehead atoms. The van der Waals surface area contributed by atoms with Crippen molar-refractivity contribution in [3.05, 3.63) is 35.6 Å². The van der Waals surface area contributed by atoms with Gasteiger partial charge in [0, 0.05) is 12.5 Å². The molecule has 3 N–H and O–H groups in total. The number of aliphatic hydroxyl groups excluding tert-OH is 1. The minimum absolute atomic E-state index is 0.141. The molecule has 0 aliphatic heterocycles. The second kappa shape index (κ2) is 6.49. The topological polar surface area (TPSA) is 46.2 Å². The van der Waals surface area contributed by atoms with Crippen molar-refractivity contribution in [2.75, 3.05) is 6.54 Å². The second-order valence-corrected chi connectivity index (χ2v) is 6.47. The van der Waals surface area contributed by atoms with Gasteiger partial charge >= 0.3 is 0 Å². The summed E-state index contributed by atoms with van der Waals surface area (Å²) in [5.74, 6) is -0.127. The van der Waals surface area contributed by atoms with E-state index < -0.39 is 6.10 Å². The highest BCUT2D eigenvalue weighted by Gasteiger charge is 2.27. The maximum absolute atomic E-state index is 13.3. The van der Waals surface area contributed by atoms with Crippen LogP contribution in [0.2, 0.25) is 0 Å². The zero-order valence-corrected chi connectivity index (χ0v) is 12.4. The van der Waals surface area contributed by atoms with E-state index in [9.17, 15) is 9.50 Å². The lowest BCUT2D eigenvalue weighted by atomic mass is 9.76. The molecule has 3 atom stereocenters. The van der Waals surface area contributed by atoms with Gasteiger partial charge in [0.15, 0.2) is 0 Å². The number of hydrogen-bond donors (Lipinski definition) is 2. The molecule has 0 spiro atoms. The third kappa shape index (κ3) is 4.59. The molecule has 0 fully saturated rings. The third-order valence-corrected chi connectivity index (χ3v) is 4.07. The fourth-order valence-electron chi connectivity index (χ4n) is 2.13. The second-order valence-electron chi connectivity index (χ2n) is 6.47. The lowest BCUT2D eigenvalue weighted by Gasteiger charge is -2.31. The van der Waals surface area contributed by atoms with Crippen molar-refractivity contribution in [3.63, 3.8) is 0 Å². The average Bonchev–Trinajstić information content (AvgIpc) is 2.28. The molecule has 0 aliphatic rings. The van der Waals surface area contributed by atoms with Gasteiger partial charge in [0.1, 0.15) is 5.82 Å². The van der Waals surface area contributed by atoms with Crippen molar-refractivity contribution in [2.45, 2.75) is 46.1 Å². The Balaban J connectivity index is 2.80. The fourth-order valence-corrected chi connectivity index (χ4v) is 2.13. The first-order valence-corrected chi connectivity index (χ1v) is 6.89. The molecule has 3 unspecified atom stereocenters. The highest BCUT2D eigenvalue weighted by molar-refractivity contribution is 5.22. The molecule has 0 aromatic heterocycles. The summed E-state index contributed by atoms with van der Waals surface area (Å²) in [4.78, 5) is 0. The van der Waals surface area contributed by atoms with Crippen LogP contribution < -0.4 is 5.73 Å². The molecule has 0 saturated heterocycles. The van der Waals surface area contributed by atoms with E-state index in [1.165, 1.54) is 12.1 Å². The van der Waals surface area contributed by atoms with Crippen LogP contribution >= 0.6 is 0 Å². The SMILES string of the molecule is CC(CC(O)C(CN)c1cccc(F)c1)C(C)(C)C. The van der Waals surface area contributed by atoms with Gasteiger partial charge in [0.05, 0.1) is 6.10 Å². The molecular formula is C16H26FNO. The van der Waals surface area contributed by atoms with Crippen LogP contribution in [0.25, 0.3) is 0 Å². The van der Waals surface area contributed by atoms with Gasteiger partial charge in [-0.3, -0.25) is 0 Å². The smallest absolute Gasteiger partial charge is 0.123 e. The van der Waals surface area contributed by atoms with Gasteiger partial charge in [-0.15, -0.1) is 0 Å². The summed E-state index contributed by atoms with van der Waals surface area (Å²) < 4.78 is 13.3. The third-order valence-electron chi connectivity index (χ3n) is 4.07. The molecule has 0 aliphatic carbocycles. The van der Waals surface area contributed by atoms with Gasteiger partial charge in [0.2, 0.25) is 0 Å². The fraction of sp³-hybridized carbons (Fsp3) is 0.625. The van der Waals surface area contributed by atoms with Crippen LogP contribution in [0.15, 0.2) is 24.3 Å². The average molecular weight is 267 g/mol. The number of halogens is 1. The highest BCUT2D eigenvalue weighted by Crippen LogP contribution is 2.32. The van der Waals surface area contributed by atoms with E-state index in [2.05, 4.69) is 27.7 Å². The van der Waals surface area contributed by atoms with Crippen LogP contribution in [-0.2, 0) is 0 Å². The number of aliphatic hydroxyl groups is 1. The monoisotopic (exact) mass is 267 g/mol. The van der Waals surface area contributed by atoms with E-state index >= 15 is 0 Å². The van der Waals surface area contributed by atoms with Crippen molar-refractivity contribution in [1.29, 1.82) is 0 Å². The van der Waals surface area contributed by atoms with Crippen molar-refractivity contribution < 1.29 is 9.50 Å². The quantitative estimate of drug-likeness (QED) is 0.860. The number of benzene rings is 1. The predicted molar refractivity (Wildman–Crippen MR) is 77.4 cm³/mol. The van der Waals surface area contributed by atoms with Crippen LogP contribution in [-0.4, -0.2) is 17.8 Å². The summed E-state index contributed by atoms with van der Waals surface area (Å²) in [5, 5.41) is 10.4. The normalized spacial score (nSPS) is 17.0. The summed E-state index contributed by atoms with van der Waals surface area (Å²) in [6.45, 7) is 8.92. The largest absolute Gasteiger partial charge is 0.392 e.